The molecule has 0 radical (unpaired) electrons. The largest absolute Gasteiger partial charge is 0.480 e. The summed E-state index contributed by atoms with van der Waals surface area (Å²) in [6.45, 7) is 5.66. The molecule has 0 saturated carbocycles. The van der Waals surface area contributed by atoms with Gasteiger partial charge < -0.3 is 14.4 Å². The molecule has 2 atom stereocenters. The minimum atomic E-state index is -0.0314. The molecule has 2 heterocycles. The van der Waals surface area contributed by atoms with E-state index in [9.17, 15) is 4.79 Å². The lowest BCUT2D eigenvalue weighted by Gasteiger charge is -2.33. The van der Waals surface area contributed by atoms with E-state index in [0.717, 1.165) is 25.8 Å². The molecule has 22 heavy (non-hydrogen) atoms. The Balaban J connectivity index is 1.91. The lowest BCUT2D eigenvalue weighted by atomic mass is 10.0. The topological polar surface area (TPSA) is 64.6 Å². The molecule has 0 aromatic carbocycles. The third kappa shape index (κ3) is 4.58. The van der Waals surface area contributed by atoms with Crippen molar-refractivity contribution in [1.29, 1.82) is 0 Å². The molecule has 1 amide bonds. The van der Waals surface area contributed by atoms with Crippen molar-refractivity contribution in [2.24, 2.45) is 5.92 Å². The van der Waals surface area contributed by atoms with Gasteiger partial charge in [-0.3, -0.25) is 9.78 Å². The van der Waals surface area contributed by atoms with Crippen LogP contribution in [0.25, 0.3) is 0 Å². The SMILES string of the molecule is CCC(C)CC(=O)N1CCCC(Oc2cncc(OC)n2)C1. The first-order valence-electron chi connectivity index (χ1n) is 7.92. The maximum atomic E-state index is 12.3. The fourth-order valence-electron chi connectivity index (χ4n) is 2.49. The highest BCUT2D eigenvalue weighted by atomic mass is 16.5. The van der Waals surface area contributed by atoms with Crippen molar-refractivity contribution in [2.45, 2.75) is 45.6 Å². The molecule has 1 saturated heterocycles. The Morgan fingerprint density at radius 1 is 1.45 bits per heavy atom. The Morgan fingerprint density at radius 3 is 2.95 bits per heavy atom. The standard InChI is InChI=1S/C16H25N3O3/c1-4-12(2)8-16(20)19-7-5-6-13(11-19)22-15-10-17-9-14(18-15)21-3/h9-10,12-13H,4-8,11H2,1-3H3. The van der Waals surface area contributed by atoms with Crippen LogP contribution in [-0.4, -0.2) is 47.1 Å². The molecule has 122 valence electrons. The van der Waals surface area contributed by atoms with Gasteiger partial charge >= 0.3 is 0 Å². The second kappa shape index (κ2) is 7.96. The summed E-state index contributed by atoms with van der Waals surface area (Å²) in [4.78, 5) is 22.4. The smallest absolute Gasteiger partial charge is 0.235 e. The highest BCUT2D eigenvalue weighted by molar-refractivity contribution is 5.76. The summed E-state index contributed by atoms with van der Waals surface area (Å²) in [5.41, 5.74) is 0. The van der Waals surface area contributed by atoms with Crippen LogP contribution in [0.4, 0.5) is 0 Å². The van der Waals surface area contributed by atoms with Crippen LogP contribution in [0, 0.1) is 5.92 Å². The highest BCUT2D eigenvalue weighted by Crippen LogP contribution is 2.19. The van der Waals surface area contributed by atoms with Gasteiger partial charge in [0.25, 0.3) is 0 Å². The van der Waals surface area contributed by atoms with E-state index in [4.69, 9.17) is 9.47 Å². The Kier molecular flexibility index (Phi) is 5.98. The average Bonchev–Trinajstić information content (AvgIpc) is 2.55. The molecule has 1 aliphatic rings. The molecule has 0 aliphatic carbocycles. The zero-order valence-electron chi connectivity index (χ0n) is 13.6. The van der Waals surface area contributed by atoms with Crippen LogP contribution in [0.1, 0.15) is 39.5 Å². The number of piperidine rings is 1. The van der Waals surface area contributed by atoms with E-state index in [0.29, 0.717) is 30.6 Å². The van der Waals surface area contributed by atoms with E-state index >= 15 is 0 Å². The maximum Gasteiger partial charge on any atom is 0.235 e. The van der Waals surface area contributed by atoms with Crippen molar-refractivity contribution in [2.75, 3.05) is 20.2 Å². The van der Waals surface area contributed by atoms with Crippen molar-refractivity contribution in [3.05, 3.63) is 12.4 Å². The van der Waals surface area contributed by atoms with Gasteiger partial charge in [0.05, 0.1) is 26.0 Å². The number of nitrogens with zero attached hydrogens (tertiary/aromatic N) is 3. The predicted octanol–water partition coefficient (Wildman–Crippen LogP) is 2.29. The van der Waals surface area contributed by atoms with Crippen molar-refractivity contribution in [3.63, 3.8) is 0 Å². The van der Waals surface area contributed by atoms with E-state index in [1.165, 1.54) is 6.20 Å². The monoisotopic (exact) mass is 307 g/mol. The van der Waals surface area contributed by atoms with Crippen molar-refractivity contribution < 1.29 is 14.3 Å². The lowest BCUT2D eigenvalue weighted by molar-refractivity contribution is -0.134. The van der Waals surface area contributed by atoms with Crippen LogP contribution in [-0.2, 0) is 4.79 Å². The first-order chi connectivity index (χ1) is 10.6. The Bertz CT molecular complexity index is 495. The second-order valence-corrected chi connectivity index (χ2v) is 5.84. The number of rotatable bonds is 6. The third-order valence-electron chi connectivity index (χ3n) is 4.04. The normalized spacial score (nSPS) is 19.6. The summed E-state index contributed by atoms with van der Waals surface area (Å²) in [7, 11) is 1.55. The quantitative estimate of drug-likeness (QED) is 0.807. The van der Waals surface area contributed by atoms with Gasteiger partial charge in [0.1, 0.15) is 6.10 Å². The first kappa shape index (κ1) is 16.5. The number of hydrogen-bond donors (Lipinski definition) is 0. The van der Waals surface area contributed by atoms with Crippen molar-refractivity contribution in [1.82, 2.24) is 14.9 Å². The average molecular weight is 307 g/mol. The number of carbonyl (C=O) groups is 1. The molecule has 1 fully saturated rings. The summed E-state index contributed by atoms with van der Waals surface area (Å²) in [5.74, 6) is 1.52. The summed E-state index contributed by atoms with van der Waals surface area (Å²) < 4.78 is 10.9. The van der Waals surface area contributed by atoms with E-state index in [1.807, 2.05) is 4.90 Å². The molecule has 0 spiro atoms. The van der Waals surface area contributed by atoms with Gasteiger partial charge in [-0.05, 0) is 18.8 Å². The van der Waals surface area contributed by atoms with Gasteiger partial charge in [0.2, 0.25) is 17.7 Å². The van der Waals surface area contributed by atoms with Crippen LogP contribution in [0.5, 0.6) is 11.8 Å². The van der Waals surface area contributed by atoms with Crippen molar-refractivity contribution >= 4 is 5.91 Å². The van der Waals surface area contributed by atoms with Crippen LogP contribution in [0.15, 0.2) is 12.4 Å². The molecule has 2 rings (SSSR count). The van der Waals surface area contributed by atoms with Crippen molar-refractivity contribution in [3.8, 4) is 11.8 Å². The van der Waals surface area contributed by atoms with Crippen LogP contribution in [0.3, 0.4) is 0 Å². The molecule has 0 bridgehead atoms. The summed E-state index contributed by atoms with van der Waals surface area (Å²) in [6.07, 6.45) is 6.59. The number of aromatic nitrogens is 2. The van der Waals surface area contributed by atoms with Gasteiger partial charge in [-0.2, -0.15) is 4.98 Å². The first-order valence-corrected chi connectivity index (χ1v) is 7.92. The number of methoxy groups -OCH3 is 1. The fourth-order valence-corrected chi connectivity index (χ4v) is 2.49. The number of likely N-dealkylation sites (tertiary alicyclic amines) is 1. The molecule has 0 N–H and O–H groups in total. The van der Waals surface area contributed by atoms with E-state index in [1.54, 1.807) is 13.3 Å². The minimum absolute atomic E-state index is 0.0314. The molecule has 6 heteroatoms. The number of carbonyl (C=O) groups excluding carboxylic acids is 1. The summed E-state index contributed by atoms with van der Waals surface area (Å²) >= 11 is 0. The van der Waals surface area contributed by atoms with E-state index in [-0.39, 0.29) is 12.0 Å². The minimum Gasteiger partial charge on any atom is -0.480 e. The third-order valence-corrected chi connectivity index (χ3v) is 4.04. The van der Waals surface area contributed by atoms with E-state index < -0.39 is 0 Å². The molecule has 1 aromatic heterocycles. The Morgan fingerprint density at radius 2 is 2.23 bits per heavy atom. The molecule has 1 aliphatic heterocycles. The number of hydrogen-bond acceptors (Lipinski definition) is 5. The van der Waals surface area contributed by atoms with Gasteiger partial charge in [0.15, 0.2) is 0 Å². The number of ether oxygens (including phenoxy) is 2. The predicted molar refractivity (Wildman–Crippen MR) is 82.9 cm³/mol. The van der Waals surface area contributed by atoms with Gasteiger partial charge in [-0.1, -0.05) is 20.3 Å². The molecule has 2 unspecified atom stereocenters. The highest BCUT2D eigenvalue weighted by Gasteiger charge is 2.25. The van der Waals surface area contributed by atoms with Gasteiger partial charge in [-0.15, -0.1) is 0 Å². The Labute approximate surface area is 131 Å². The van der Waals surface area contributed by atoms with E-state index in [2.05, 4.69) is 23.8 Å². The van der Waals surface area contributed by atoms with Gasteiger partial charge in [0, 0.05) is 13.0 Å². The van der Waals surface area contributed by atoms with Crippen LogP contribution < -0.4 is 9.47 Å². The molecular weight excluding hydrogens is 282 g/mol. The van der Waals surface area contributed by atoms with Gasteiger partial charge in [-0.25, -0.2) is 0 Å². The molecule has 1 aromatic rings. The molecular formula is C16H25N3O3. The fraction of sp³-hybridized carbons (Fsp3) is 0.688. The summed E-state index contributed by atoms with van der Waals surface area (Å²) in [6, 6.07) is 0. The van der Waals surface area contributed by atoms with Crippen LogP contribution in [0.2, 0.25) is 0 Å². The second-order valence-electron chi connectivity index (χ2n) is 5.84. The lowest BCUT2D eigenvalue weighted by Crippen LogP contribution is -2.44. The zero-order valence-corrected chi connectivity index (χ0v) is 13.6. The Hall–Kier alpha value is -1.85. The summed E-state index contributed by atoms with van der Waals surface area (Å²) in [5, 5.41) is 0. The molecule has 6 nitrogen and oxygen atoms in total. The number of amides is 1. The van der Waals surface area contributed by atoms with Crippen LogP contribution >= 0.6 is 0 Å². The maximum absolute atomic E-state index is 12.3. The zero-order chi connectivity index (χ0) is 15.9.